The highest BCUT2D eigenvalue weighted by molar-refractivity contribution is 14.0. The zero-order chi connectivity index (χ0) is 18.6. The van der Waals surface area contributed by atoms with Crippen LogP contribution in [-0.2, 0) is 11.3 Å². The number of rotatable bonds is 9. The number of aliphatic imine (C=N–C) groups is 1. The van der Waals surface area contributed by atoms with E-state index in [-0.39, 0.29) is 30.1 Å². The van der Waals surface area contributed by atoms with Crippen LogP contribution in [0.4, 0.5) is 5.82 Å². The molecular formula is C19H34IN5OS. The molecule has 0 radical (unpaired) electrons. The van der Waals surface area contributed by atoms with Gasteiger partial charge in [-0.3, -0.25) is 0 Å². The number of ether oxygens (including phenoxy) is 1. The fraction of sp³-hybridized carbons (Fsp3) is 0.684. The summed E-state index contributed by atoms with van der Waals surface area (Å²) in [6, 6.07) is 4.21. The predicted molar refractivity (Wildman–Crippen MR) is 128 cm³/mol. The van der Waals surface area contributed by atoms with Crippen molar-refractivity contribution >= 4 is 47.5 Å². The van der Waals surface area contributed by atoms with Crippen LogP contribution in [0, 0.1) is 0 Å². The van der Waals surface area contributed by atoms with Gasteiger partial charge in [-0.15, -0.1) is 24.0 Å². The van der Waals surface area contributed by atoms with Crippen LogP contribution in [0.3, 0.4) is 0 Å². The Morgan fingerprint density at radius 2 is 2.22 bits per heavy atom. The number of thioether (sulfide) groups is 1. The molecule has 1 aromatic heterocycles. The number of nitrogens with one attached hydrogen (secondary N) is 2. The minimum atomic E-state index is 0. The van der Waals surface area contributed by atoms with E-state index in [2.05, 4.69) is 57.7 Å². The van der Waals surface area contributed by atoms with Crippen molar-refractivity contribution in [1.29, 1.82) is 0 Å². The van der Waals surface area contributed by atoms with Gasteiger partial charge in [0.05, 0.1) is 19.3 Å². The lowest BCUT2D eigenvalue weighted by molar-refractivity contribution is 0.0529. The third kappa shape index (κ3) is 9.34. The highest BCUT2D eigenvalue weighted by Crippen LogP contribution is 2.15. The Hall–Kier alpha value is -0.740. The number of hydrogen-bond donors (Lipinski definition) is 2. The average Bonchev–Trinajstić information content (AvgIpc) is 2.66. The summed E-state index contributed by atoms with van der Waals surface area (Å²) in [4.78, 5) is 11.6. The third-order valence-electron chi connectivity index (χ3n) is 4.21. The van der Waals surface area contributed by atoms with E-state index in [1.807, 2.05) is 18.0 Å². The first-order chi connectivity index (χ1) is 12.7. The number of morpholine rings is 1. The zero-order valence-electron chi connectivity index (χ0n) is 16.7. The van der Waals surface area contributed by atoms with Crippen molar-refractivity contribution in [2.75, 3.05) is 49.7 Å². The van der Waals surface area contributed by atoms with Gasteiger partial charge in [0.2, 0.25) is 0 Å². The maximum Gasteiger partial charge on any atom is 0.191 e. The average molecular weight is 507 g/mol. The molecule has 2 N–H and O–H groups in total. The van der Waals surface area contributed by atoms with Gasteiger partial charge in [-0.2, -0.15) is 11.8 Å². The first-order valence-corrected chi connectivity index (χ1v) is 10.9. The van der Waals surface area contributed by atoms with E-state index in [9.17, 15) is 0 Å². The molecule has 2 rings (SSSR count). The van der Waals surface area contributed by atoms with Gasteiger partial charge in [-0.25, -0.2) is 9.98 Å². The zero-order valence-corrected chi connectivity index (χ0v) is 19.9. The Balaban J connectivity index is 0.00000364. The van der Waals surface area contributed by atoms with Crippen LogP contribution in [0.2, 0.25) is 0 Å². The molecule has 6 nitrogen and oxygen atoms in total. The fourth-order valence-corrected chi connectivity index (χ4v) is 3.31. The van der Waals surface area contributed by atoms with E-state index >= 15 is 0 Å². The molecule has 1 atom stereocenters. The molecule has 8 heteroatoms. The van der Waals surface area contributed by atoms with Crippen molar-refractivity contribution in [2.24, 2.45) is 4.99 Å². The van der Waals surface area contributed by atoms with E-state index in [0.717, 1.165) is 50.1 Å². The lowest BCUT2D eigenvalue weighted by Gasteiger charge is -2.32. The highest BCUT2D eigenvalue weighted by Gasteiger charge is 2.17. The largest absolute Gasteiger partial charge is 0.375 e. The smallest absolute Gasteiger partial charge is 0.191 e. The van der Waals surface area contributed by atoms with E-state index in [0.29, 0.717) is 6.54 Å². The molecule has 1 aliphatic heterocycles. The first kappa shape index (κ1) is 24.3. The number of aromatic nitrogens is 1. The Labute approximate surface area is 185 Å². The normalized spacial score (nSPS) is 17.4. The maximum atomic E-state index is 5.59. The number of unbranched alkanes of at least 4 members (excludes halogenated alkanes) is 1. The summed E-state index contributed by atoms with van der Waals surface area (Å²) >= 11 is 1.90. The molecule has 0 aromatic carbocycles. The molecule has 1 aliphatic rings. The van der Waals surface area contributed by atoms with Crippen LogP contribution < -0.4 is 15.5 Å². The predicted octanol–water partition coefficient (Wildman–Crippen LogP) is 3.12. The summed E-state index contributed by atoms with van der Waals surface area (Å²) in [6.07, 6.45) is 6.75. The van der Waals surface area contributed by atoms with Crippen LogP contribution in [0.25, 0.3) is 0 Å². The Kier molecular flexibility index (Phi) is 12.9. The summed E-state index contributed by atoms with van der Waals surface area (Å²) in [5, 5.41) is 6.71. The van der Waals surface area contributed by atoms with Crippen LogP contribution in [0.15, 0.2) is 23.3 Å². The van der Waals surface area contributed by atoms with Crippen molar-refractivity contribution in [3.05, 3.63) is 23.9 Å². The molecule has 1 unspecified atom stereocenters. The Morgan fingerprint density at radius 3 is 2.89 bits per heavy atom. The second-order valence-corrected chi connectivity index (χ2v) is 7.46. The SMILES string of the molecule is CCNC(=NCc1ccc(N2CCOC(C)C2)nc1)NCCCCSC.I. The lowest BCUT2D eigenvalue weighted by Crippen LogP contribution is -2.41. The number of hydrogen-bond acceptors (Lipinski definition) is 5. The molecule has 2 heterocycles. The summed E-state index contributed by atoms with van der Waals surface area (Å²) in [5.74, 6) is 3.12. The number of nitrogens with zero attached hydrogens (tertiary/aromatic N) is 3. The van der Waals surface area contributed by atoms with Crippen molar-refractivity contribution in [3.8, 4) is 0 Å². The van der Waals surface area contributed by atoms with Crippen molar-refractivity contribution in [3.63, 3.8) is 0 Å². The third-order valence-corrected chi connectivity index (χ3v) is 4.90. The van der Waals surface area contributed by atoms with E-state index in [4.69, 9.17) is 4.74 Å². The van der Waals surface area contributed by atoms with E-state index < -0.39 is 0 Å². The number of halogens is 1. The standard InChI is InChI=1S/C19H33N5OS.HI/c1-4-20-19(21-9-5-6-12-26-3)23-14-17-7-8-18(22-13-17)24-10-11-25-16(2)15-24;/h7-8,13,16H,4-6,9-12,14-15H2,1-3H3,(H2,20,21,23);1H. The van der Waals surface area contributed by atoms with Crippen molar-refractivity contribution in [2.45, 2.75) is 39.3 Å². The molecular weight excluding hydrogens is 473 g/mol. The van der Waals surface area contributed by atoms with Crippen LogP contribution in [0.5, 0.6) is 0 Å². The van der Waals surface area contributed by atoms with Gasteiger partial charge < -0.3 is 20.3 Å². The van der Waals surface area contributed by atoms with Gasteiger partial charge in [-0.1, -0.05) is 6.07 Å². The minimum Gasteiger partial charge on any atom is -0.375 e. The summed E-state index contributed by atoms with van der Waals surface area (Å²) in [5.41, 5.74) is 1.12. The number of guanidine groups is 1. The fourth-order valence-electron chi connectivity index (χ4n) is 2.81. The molecule has 0 saturated carbocycles. The number of pyridine rings is 1. The molecule has 1 aromatic rings. The molecule has 154 valence electrons. The topological polar surface area (TPSA) is 61.8 Å². The van der Waals surface area contributed by atoms with Crippen LogP contribution in [-0.4, -0.2) is 61.8 Å². The van der Waals surface area contributed by atoms with Gasteiger partial charge >= 0.3 is 0 Å². The molecule has 1 saturated heterocycles. The Bertz CT molecular complexity index is 543. The number of anilines is 1. The van der Waals surface area contributed by atoms with E-state index in [1.165, 1.54) is 18.6 Å². The quantitative estimate of drug-likeness (QED) is 0.232. The molecule has 0 bridgehead atoms. The van der Waals surface area contributed by atoms with Crippen LogP contribution in [0.1, 0.15) is 32.3 Å². The molecule has 0 amide bonds. The van der Waals surface area contributed by atoms with E-state index in [1.54, 1.807) is 0 Å². The molecule has 1 fully saturated rings. The minimum absolute atomic E-state index is 0. The second kappa shape index (κ2) is 14.3. The van der Waals surface area contributed by atoms with Gasteiger partial charge in [-0.05, 0) is 50.3 Å². The lowest BCUT2D eigenvalue weighted by atomic mass is 10.2. The van der Waals surface area contributed by atoms with Gasteiger partial charge in [0.1, 0.15) is 5.82 Å². The summed E-state index contributed by atoms with van der Waals surface area (Å²) in [6.45, 7) is 9.21. The maximum absolute atomic E-state index is 5.59. The first-order valence-electron chi connectivity index (χ1n) is 9.55. The summed E-state index contributed by atoms with van der Waals surface area (Å²) in [7, 11) is 0. The Morgan fingerprint density at radius 1 is 1.37 bits per heavy atom. The van der Waals surface area contributed by atoms with Crippen molar-refractivity contribution < 1.29 is 4.74 Å². The van der Waals surface area contributed by atoms with Crippen molar-refractivity contribution in [1.82, 2.24) is 15.6 Å². The van der Waals surface area contributed by atoms with Crippen LogP contribution >= 0.6 is 35.7 Å². The highest BCUT2D eigenvalue weighted by atomic mass is 127. The monoisotopic (exact) mass is 507 g/mol. The van der Waals surface area contributed by atoms with Gasteiger partial charge in [0, 0.05) is 32.4 Å². The molecule has 0 aliphatic carbocycles. The van der Waals surface area contributed by atoms with Gasteiger partial charge in [0.25, 0.3) is 0 Å². The molecule has 0 spiro atoms. The second-order valence-electron chi connectivity index (χ2n) is 6.47. The molecule has 27 heavy (non-hydrogen) atoms. The van der Waals surface area contributed by atoms with Gasteiger partial charge in [0.15, 0.2) is 5.96 Å². The summed E-state index contributed by atoms with van der Waals surface area (Å²) < 4.78 is 5.59.